The third-order valence-electron chi connectivity index (χ3n) is 6.54. The number of H-pyrrole nitrogens is 2. The van der Waals surface area contributed by atoms with Gasteiger partial charge in [-0.15, -0.1) is 0 Å². The van der Waals surface area contributed by atoms with Crippen LogP contribution in [0.1, 0.15) is 33.7 Å². The number of aromatic amines is 2. The van der Waals surface area contributed by atoms with E-state index < -0.39 is 62.9 Å². The molecule has 0 saturated carbocycles. The summed E-state index contributed by atoms with van der Waals surface area (Å²) in [5.41, 5.74) is -4.00. The molecule has 0 atom stereocenters. The van der Waals surface area contributed by atoms with Crippen LogP contribution < -0.4 is 22.5 Å². The minimum Gasteiger partial charge on any atom is -0.494 e. The SMILES string of the molecule is O=c1[nH]c(=O)n(Cc2ccc(F)cc2)c(O)c1C(c1ccncc1)c1c(O)n(Cc2ccc(F)cc2)c(=O)[nH]c1=O. The third-order valence-corrected chi connectivity index (χ3v) is 6.54. The van der Waals surface area contributed by atoms with Crippen LogP contribution in [0.15, 0.2) is 92.2 Å². The molecule has 5 rings (SSSR count). The summed E-state index contributed by atoms with van der Waals surface area (Å²) in [4.78, 5) is 60.0. The van der Waals surface area contributed by atoms with Crippen LogP contribution in [-0.4, -0.2) is 34.3 Å². The highest BCUT2D eigenvalue weighted by atomic mass is 19.1. The van der Waals surface area contributed by atoms with Gasteiger partial charge in [0.05, 0.1) is 30.1 Å². The summed E-state index contributed by atoms with van der Waals surface area (Å²) in [5, 5.41) is 22.6. The van der Waals surface area contributed by atoms with Crippen molar-refractivity contribution in [3.8, 4) is 11.8 Å². The van der Waals surface area contributed by atoms with Crippen LogP contribution in [0.25, 0.3) is 0 Å². The molecule has 41 heavy (non-hydrogen) atoms. The number of benzene rings is 2. The largest absolute Gasteiger partial charge is 0.494 e. The van der Waals surface area contributed by atoms with E-state index in [1.54, 1.807) is 0 Å². The molecule has 0 unspecified atom stereocenters. The summed E-state index contributed by atoms with van der Waals surface area (Å²) in [6, 6.07) is 13.0. The highest BCUT2D eigenvalue weighted by Crippen LogP contribution is 2.36. The van der Waals surface area contributed by atoms with Gasteiger partial charge in [-0.1, -0.05) is 24.3 Å². The standard InChI is InChI=1S/C28H21F2N5O6/c29-18-5-1-15(2-6-18)13-34-25(38)21(23(36)32-27(34)40)20(17-9-11-31-12-10-17)22-24(37)33-28(41)35(26(22)39)14-16-3-7-19(30)8-4-16/h1-12,20,38-39H,13-14H2,(H,32,36,40)(H,33,37,41). The molecular formula is C28H21F2N5O6. The first-order valence-electron chi connectivity index (χ1n) is 12.1. The van der Waals surface area contributed by atoms with E-state index in [1.807, 2.05) is 0 Å². The van der Waals surface area contributed by atoms with Crippen LogP contribution in [0.4, 0.5) is 8.78 Å². The summed E-state index contributed by atoms with van der Waals surface area (Å²) in [6.45, 7) is -0.547. The molecule has 208 valence electrons. The fourth-order valence-electron chi connectivity index (χ4n) is 4.54. The molecule has 0 aliphatic rings. The van der Waals surface area contributed by atoms with E-state index in [0.717, 1.165) is 33.4 Å². The number of rotatable bonds is 7. The maximum atomic E-state index is 13.4. The molecule has 5 aromatic rings. The second-order valence-corrected chi connectivity index (χ2v) is 9.13. The van der Waals surface area contributed by atoms with Gasteiger partial charge in [0.25, 0.3) is 11.1 Å². The zero-order chi connectivity index (χ0) is 29.3. The minimum absolute atomic E-state index is 0.209. The number of aromatic hydroxyl groups is 2. The van der Waals surface area contributed by atoms with E-state index in [1.165, 1.54) is 48.8 Å². The zero-order valence-corrected chi connectivity index (χ0v) is 21.0. The number of nitrogens with one attached hydrogen (secondary N) is 2. The van der Waals surface area contributed by atoms with Crippen molar-refractivity contribution in [2.24, 2.45) is 0 Å². The molecule has 3 heterocycles. The first-order chi connectivity index (χ1) is 19.6. The quantitative estimate of drug-likeness (QED) is 0.235. The maximum Gasteiger partial charge on any atom is 0.331 e. The van der Waals surface area contributed by atoms with Crippen molar-refractivity contribution in [3.05, 3.63) is 154 Å². The Kier molecular flexibility index (Phi) is 7.17. The molecule has 0 bridgehead atoms. The molecule has 13 heteroatoms. The van der Waals surface area contributed by atoms with Gasteiger partial charge in [0.15, 0.2) is 0 Å². The summed E-state index contributed by atoms with van der Waals surface area (Å²) in [7, 11) is 0. The number of hydrogen-bond acceptors (Lipinski definition) is 7. The fourth-order valence-corrected chi connectivity index (χ4v) is 4.54. The second kappa shape index (κ2) is 10.9. The monoisotopic (exact) mass is 561 g/mol. The molecule has 0 radical (unpaired) electrons. The van der Waals surface area contributed by atoms with E-state index in [-0.39, 0.29) is 18.7 Å². The number of hydrogen-bond donors (Lipinski definition) is 4. The van der Waals surface area contributed by atoms with Crippen molar-refractivity contribution in [1.29, 1.82) is 0 Å². The van der Waals surface area contributed by atoms with Crippen molar-refractivity contribution in [2.45, 2.75) is 19.0 Å². The van der Waals surface area contributed by atoms with E-state index in [2.05, 4.69) is 15.0 Å². The average molecular weight is 562 g/mol. The Bertz CT molecular complexity index is 1840. The lowest BCUT2D eigenvalue weighted by atomic mass is 9.87. The average Bonchev–Trinajstić information content (AvgIpc) is 2.94. The predicted octanol–water partition coefficient (Wildman–Crippen LogP) is 1.75. The van der Waals surface area contributed by atoms with E-state index in [4.69, 9.17) is 0 Å². The Hall–Kier alpha value is -5.59. The summed E-state index contributed by atoms with van der Waals surface area (Å²) in [5.74, 6) is -4.17. The summed E-state index contributed by atoms with van der Waals surface area (Å²) in [6.07, 6.45) is 2.70. The van der Waals surface area contributed by atoms with Crippen molar-refractivity contribution in [3.63, 3.8) is 0 Å². The molecular weight excluding hydrogens is 540 g/mol. The van der Waals surface area contributed by atoms with Crippen LogP contribution in [0.2, 0.25) is 0 Å². The van der Waals surface area contributed by atoms with Crippen molar-refractivity contribution < 1.29 is 19.0 Å². The van der Waals surface area contributed by atoms with Gasteiger partial charge in [-0.05, 0) is 53.1 Å². The van der Waals surface area contributed by atoms with Gasteiger partial charge in [-0.3, -0.25) is 33.7 Å². The zero-order valence-electron chi connectivity index (χ0n) is 21.0. The van der Waals surface area contributed by atoms with Crippen molar-refractivity contribution in [1.82, 2.24) is 24.1 Å². The molecule has 4 N–H and O–H groups in total. The van der Waals surface area contributed by atoms with Crippen LogP contribution in [0.5, 0.6) is 11.8 Å². The van der Waals surface area contributed by atoms with Gasteiger partial charge in [-0.2, -0.15) is 0 Å². The number of nitrogens with zero attached hydrogens (tertiary/aromatic N) is 3. The smallest absolute Gasteiger partial charge is 0.331 e. The Morgan fingerprint density at radius 1 is 0.659 bits per heavy atom. The van der Waals surface area contributed by atoms with Gasteiger partial charge in [0.2, 0.25) is 11.8 Å². The topological polar surface area (TPSA) is 163 Å². The molecule has 0 amide bonds. The lowest BCUT2D eigenvalue weighted by Gasteiger charge is -2.21. The molecule has 11 nitrogen and oxygen atoms in total. The Labute approximate surface area is 228 Å². The highest BCUT2D eigenvalue weighted by Gasteiger charge is 2.32. The van der Waals surface area contributed by atoms with Gasteiger partial charge < -0.3 is 10.2 Å². The Balaban J connectivity index is 1.74. The van der Waals surface area contributed by atoms with Crippen molar-refractivity contribution >= 4 is 0 Å². The molecule has 0 fully saturated rings. The lowest BCUT2D eigenvalue weighted by Crippen LogP contribution is -2.37. The van der Waals surface area contributed by atoms with Gasteiger partial charge in [-0.25, -0.2) is 18.4 Å². The third kappa shape index (κ3) is 5.32. The molecule has 3 aromatic heterocycles. The van der Waals surface area contributed by atoms with Crippen LogP contribution >= 0.6 is 0 Å². The first kappa shape index (κ1) is 27.0. The molecule has 0 spiro atoms. The molecule has 0 aliphatic carbocycles. The Morgan fingerprint density at radius 3 is 1.44 bits per heavy atom. The molecule has 0 saturated heterocycles. The normalized spacial score (nSPS) is 11.2. The first-order valence-corrected chi connectivity index (χ1v) is 12.1. The molecule has 0 aliphatic heterocycles. The van der Waals surface area contributed by atoms with Crippen LogP contribution in [-0.2, 0) is 13.1 Å². The maximum absolute atomic E-state index is 13.4. The predicted molar refractivity (Wildman–Crippen MR) is 142 cm³/mol. The van der Waals surface area contributed by atoms with Crippen LogP contribution in [0, 0.1) is 11.6 Å². The van der Waals surface area contributed by atoms with E-state index in [0.29, 0.717) is 11.1 Å². The number of aromatic nitrogens is 5. The fraction of sp³-hybridized carbons (Fsp3) is 0.107. The van der Waals surface area contributed by atoms with Crippen LogP contribution in [0.3, 0.4) is 0 Å². The van der Waals surface area contributed by atoms with E-state index in [9.17, 15) is 38.2 Å². The second-order valence-electron chi connectivity index (χ2n) is 9.13. The Morgan fingerprint density at radius 2 is 1.05 bits per heavy atom. The highest BCUT2D eigenvalue weighted by molar-refractivity contribution is 5.48. The molecule has 2 aromatic carbocycles. The lowest BCUT2D eigenvalue weighted by molar-refractivity contribution is 0.390. The van der Waals surface area contributed by atoms with Gasteiger partial charge in [0, 0.05) is 12.4 Å². The van der Waals surface area contributed by atoms with Crippen molar-refractivity contribution in [2.75, 3.05) is 0 Å². The van der Waals surface area contributed by atoms with E-state index >= 15 is 0 Å². The van der Waals surface area contributed by atoms with Gasteiger partial charge >= 0.3 is 11.4 Å². The summed E-state index contributed by atoms with van der Waals surface area (Å²) >= 11 is 0. The minimum atomic E-state index is -1.49. The van der Waals surface area contributed by atoms with Gasteiger partial charge in [0.1, 0.15) is 11.6 Å². The number of halogens is 2. The summed E-state index contributed by atoms with van der Waals surface area (Å²) < 4.78 is 28.4. The number of pyridine rings is 1.